The Bertz CT molecular complexity index is 570. The van der Waals surface area contributed by atoms with Crippen LogP contribution >= 0.6 is 15.9 Å². The van der Waals surface area contributed by atoms with E-state index in [4.69, 9.17) is 10.5 Å². The molecule has 4 heteroatoms. The Kier molecular flexibility index (Phi) is 3.77. The number of halogens is 1. The predicted octanol–water partition coefficient (Wildman–Crippen LogP) is 4.09. The molecular weight excluding hydrogens is 292 g/mol. The summed E-state index contributed by atoms with van der Waals surface area (Å²) in [5.41, 5.74) is 9.63. The maximum absolute atomic E-state index is 6.03. The fourth-order valence-electron chi connectivity index (χ4n) is 1.71. The number of hydrogen-bond donors (Lipinski definition) is 2. The first-order valence-corrected chi connectivity index (χ1v) is 6.37. The maximum Gasteiger partial charge on any atom is 0.143 e. The summed E-state index contributed by atoms with van der Waals surface area (Å²) in [6.07, 6.45) is 0. The van der Waals surface area contributed by atoms with Gasteiger partial charge in [-0.15, -0.1) is 0 Å². The molecule has 3 nitrogen and oxygen atoms in total. The number of methoxy groups -OCH3 is 1. The number of nitrogens with two attached hydrogens (primary N) is 1. The molecule has 0 amide bonds. The average molecular weight is 307 g/mol. The zero-order chi connectivity index (χ0) is 13.1. The van der Waals surface area contributed by atoms with Crippen molar-refractivity contribution in [1.82, 2.24) is 0 Å². The van der Waals surface area contributed by atoms with Crippen LogP contribution in [0.4, 0.5) is 17.1 Å². The van der Waals surface area contributed by atoms with E-state index in [1.54, 1.807) is 7.11 Å². The molecule has 0 aliphatic carbocycles. The first kappa shape index (κ1) is 12.8. The number of ether oxygens (including phenoxy) is 1. The van der Waals surface area contributed by atoms with Gasteiger partial charge in [0.05, 0.1) is 24.2 Å². The molecule has 0 radical (unpaired) electrons. The Morgan fingerprint density at radius 3 is 2.67 bits per heavy atom. The lowest BCUT2D eigenvalue weighted by Gasteiger charge is -2.13. The van der Waals surface area contributed by atoms with E-state index in [2.05, 4.69) is 27.3 Å². The van der Waals surface area contributed by atoms with Crippen LogP contribution in [0.3, 0.4) is 0 Å². The van der Waals surface area contributed by atoms with E-state index in [-0.39, 0.29) is 0 Å². The molecule has 94 valence electrons. The Balaban J connectivity index is 2.37. The van der Waals surface area contributed by atoms with Gasteiger partial charge in [-0.25, -0.2) is 0 Å². The summed E-state index contributed by atoms with van der Waals surface area (Å²) in [4.78, 5) is 0. The largest absolute Gasteiger partial charge is 0.495 e. The van der Waals surface area contributed by atoms with Gasteiger partial charge in [-0.1, -0.05) is 12.1 Å². The topological polar surface area (TPSA) is 47.3 Å². The number of para-hydroxylation sites is 1. The van der Waals surface area contributed by atoms with Gasteiger partial charge in [0.15, 0.2) is 0 Å². The molecule has 2 aromatic carbocycles. The Labute approximate surface area is 115 Å². The number of hydrogen-bond acceptors (Lipinski definition) is 3. The molecule has 2 rings (SSSR count). The van der Waals surface area contributed by atoms with Gasteiger partial charge in [0, 0.05) is 4.47 Å². The molecule has 0 aromatic heterocycles. The lowest BCUT2D eigenvalue weighted by Crippen LogP contribution is -1.99. The van der Waals surface area contributed by atoms with Crippen molar-refractivity contribution in [3.63, 3.8) is 0 Å². The number of nitrogens with one attached hydrogen (secondary N) is 1. The third-order valence-corrected chi connectivity index (χ3v) is 3.37. The minimum absolute atomic E-state index is 0.605. The molecular formula is C14H15BrN2O. The van der Waals surface area contributed by atoms with E-state index in [0.29, 0.717) is 11.4 Å². The van der Waals surface area contributed by atoms with Gasteiger partial charge in [-0.05, 0) is 52.7 Å². The molecule has 0 saturated carbocycles. The lowest BCUT2D eigenvalue weighted by molar-refractivity contribution is 0.417. The number of benzene rings is 2. The van der Waals surface area contributed by atoms with Crippen LogP contribution in [0, 0.1) is 6.92 Å². The van der Waals surface area contributed by atoms with Crippen molar-refractivity contribution in [2.75, 3.05) is 18.2 Å². The van der Waals surface area contributed by atoms with Crippen LogP contribution in [0.2, 0.25) is 0 Å². The van der Waals surface area contributed by atoms with Gasteiger partial charge < -0.3 is 15.8 Å². The molecule has 0 saturated heterocycles. The monoisotopic (exact) mass is 306 g/mol. The number of rotatable bonds is 3. The van der Waals surface area contributed by atoms with E-state index in [1.807, 2.05) is 37.3 Å². The van der Waals surface area contributed by atoms with E-state index in [9.17, 15) is 0 Å². The smallest absolute Gasteiger partial charge is 0.143 e. The van der Waals surface area contributed by atoms with Gasteiger partial charge in [-0.2, -0.15) is 0 Å². The van der Waals surface area contributed by atoms with Crippen molar-refractivity contribution in [3.05, 3.63) is 46.4 Å². The van der Waals surface area contributed by atoms with Gasteiger partial charge in [-0.3, -0.25) is 0 Å². The summed E-state index contributed by atoms with van der Waals surface area (Å²) >= 11 is 3.51. The second-order valence-corrected chi connectivity index (χ2v) is 4.88. The van der Waals surface area contributed by atoms with Crippen LogP contribution in [0.15, 0.2) is 40.9 Å². The fourth-order valence-corrected chi connectivity index (χ4v) is 2.06. The fraction of sp³-hybridized carbons (Fsp3) is 0.143. The van der Waals surface area contributed by atoms with Crippen molar-refractivity contribution < 1.29 is 4.74 Å². The third kappa shape index (κ3) is 2.59. The second kappa shape index (κ2) is 5.31. The number of nitrogen functional groups attached to an aromatic ring is 1. The molecule has 0 spiro atoms. The molecule has 18 heavy (non-hydrogen) atoms. The van der Waals surface area contributed by atoms with Crippen molar-refractivity contribution >= 4 is 33.0 Å². The van der Waals surface area contributed by atoms with Crippen molar-refractivity contribution in [2.45, 2.75) is 6.92 Å². The Morgan fingerprint density at radius 1 is 1.17 bits per heavy atom. The summed E-state index contributed by atoms with van der Waals surface area (Å²) in [5, 5.41) is 3.30. The highest BCUT2D eigenvalue weighted by Gasteiger charge is 2.07. The van der Waals surface area contributed by atoms with E-state index in [0.717, 1.165) is 15.8 Å². The summed E-state index contributed by atoms with van der Waals surface area (Å²) in [7, 11) is 1.61. The van der Waals surface area contributed by atoms with E-state index >= 15 is 0 Å². The summed E-state index contributed by atoms with van der Waals surface area (Å²) in [6, 6.07) is 11.8. The average Bonchev–Trinajstić information content (AvgIpc) is 2.36. The van der Waals surface area contributed by atoms with Crippen molar-refractivity contribution in [3.8, 4) is 5.75 Å². The highest BCUT2D eigenvalue weighted by atomic mass is 79.9. The van der Waals surface area contributed by atoms with Gasteiger partial charge in [0.25, 0.3) is 0 Å². The Hall–Kier alpha value is -1.68. The van der Waals surface area contributed by atoms with Crippen molar-refractivity contribution in [1.29, 1.82) is 0 Å². The maximum atomic E-state index is 6.03. The molecule has 0 fully saturated rings. The van der Waals surface area contributed by atoms with Gasteiger partial charge in [0.1, 0.15) is 5.75 Å². The van der Waals surface area contributed by atoms with Crippen molar-refractivity contribution in [2.24, 2.45) is 0 Å². The molecule has 3 N–H and O–H groups in total. The SMILES string of the molecule is COc1cccc(Nc2cc(C)ccc2Br)c1N. The molecule has 0 unspecified atom stereocenters. The number of anilines is 3. The molecule has 0 bridgehead atoms. The molecule has 0 aliphatic rings. The Morgan fingerprint density at radius 2 is 1.94 bits per heavy atom. The van der Waals surface area contributed by atoms with Gasteiger partial charge >= 0.3 is 0 Å². The molecule has 0 aliphatic heterocycles. The molecule has 0 atom stereocenters. The highest BCUT2D eigenvalue weighted by molar-refractivity contribution is 9.10. The minimum Gasteiger partial charge on any atom is -0.495 e. The van der Waals surface area contributed by atoms with Crippen LogP contribution in [0.1, 0.15) is 5.56 Å². The van der Waals surface area contributed by atoms with E-state index in [1.165, 1.54) is 5.56 Å². The first-order valence-electron chi connectivity index (χ1n) is 5.57. The highest BCUT2D eigenvalue weighted by Crippen LogP contribution is 2.33. The predicted molar refractivity (Wildman–Crippen MR) is 79.6 cm³/mol. The molecule has 0 heterocycles. The summed E-state index contributed by atoms with van der Waals surface area (Å²) in [6.45, 7) is 2.05. The normalized spacial score (nSPS) is 10.2. The summed E-state index contributed by atoms with van der Waals surface area (Å²) < 4.78 is 6.20. The van der Waals surface area contributed by atoms with E-state index < -0.39 is 0 Å². The standard InChI is InChI=1S/C14H15BrN2O/c1-9-6-7-10(15)12(8-9)17-11-4-3-5-13(18-2)14(11)16/h3-8,17H,16H2,1-2H3. The molecule has 2 aromatic rings. The van der Waals surface area contributed by atoms with Gasteiger partial charge in [0.2, 0.25) is 0 Å². The zero-order valence-electron chi connectivity index (χ0n) is 10.3. The summed E-state index contributed by atoms with van der Waals surface area (Å²) in [5.74, 6) is 0.670. The lowest BCUT2D eigenvalue weighted by atomic mass is 10.2. The van der Waals surface area contributed by atoms with Crippen LogP contribution in [0.25, 0.3) is 0 Å². The van der Waals surface area contributed by atoms with Crippen LogP contribution in [-0.4, -0.2) is 7.11 Å². The first-order chi connectivity index (χ1) is 8.61. The zero-order valence-corrected chi connectivity index (χ0v) is 11.9. The van der Waals surface area contributed by atoms with Crippen LogP contribution < -0.4 is 15.8 Å². The number of aryl methyl sites for hydroxylation is 1. The van der Waals surface area contributed by atoms with Crippen LogP contribution in [-0.2, 0) is 0 Å². The minimum atomic E-state index is 0.605. The quantitative estimate of drug-likeness (QED) is 0.840. The van der Waals surface area contributed by atoms with Crippen LogP contribution in [0.5, 0.6) is 5.75 Å². The second-order valence-electron chi connectivity index (χ2n) is 4.03. The third-order valence-electron chi connectivity index (χ3n) is 2.68.